The first-order chi connectivity index (χ1) is 9.18. The molecule has 0 N–H and O–H groups in total. The van der Waals surface area contributed by atoms with E-state index in [1.54, 1.807) is 0 Å². The van der Waals surface area contributed by atoms with Crippen LogP contribution >= 0.6 is 0 Å². The first-order valence-corrected chi connectivity index (χ1v) is 5.25. The molecule has 2 aromatic rings. The van der Waals surface area contributed by atoms with Gasteiger partial charge in [-0.25, -0.2) is 4.98 Å². The van der Waals surface area contributed by atoms with E-state index < -0.39 is 23.6 Å². The van der Waals surface area contributed by atoms with Gasteiger partial charge in [0.25, 0.3) is 0 Å². The van der Waals surface area contributed by atoms with Crippen molar-refractivity contribution in [1.29, 1.82) is 0 Å². The summed E-state index contributed by atoms with van der Waals surface area (Å²) in [4.78, 5) is 6.73. The number of halogens is 6. The quantitative estimate of drug-likeness (QED) is 0.737. The van der Waals surface area contributed by atoms with Gasteiger partial charge >= 0.3 is 12.4 Å². The minimum Gasteiger partial charge on any atom is -0.260 e. The molecule has 2 rings (SSSR count). The van der Waals surface area contributed by atoms with Crippen LogP contribution in [-0.4, -0.2) is 9.97 Å². The second kappa shape index (κ2) is 4.77. The molecule has 0 radical (unpaired) electrons. The van der Waals surface area contributed by atoms with Crippen molar-refractivity contribution in [3.05, 3.63) is 47.9 Å². The fraction of sp³-hybridized carbons (Fsp3) is 0.167. The van der Waals surface area contributed by atoms with Crippen LogP contribution in [0.5, 0.6) is 0 Å². The van der Waals surface area contributed by atoms with E-state index in [9.17, 15) is 26.3 Å². The van der Waals surface area contributed by atoms with Gasteiger partial charge in [-0.15, -0.1) is 0 Å². The highest BCUT2D eigenvalue weighted by atomic mass is 19.4. The van der Waals surface area contributed by atoms with Crippen LogP contribution in [0.4, 0.5) is 26.3 Å². The molecule has 0 saturated heterocycles. The van der Waals surface area contributed by atoms with Gasteiger partial charge in [0.2, 0.25) is 0 Å². The Balaban J connectivity index is 2.38. The highest BCUT2D eigenvalue weighted by Crippen LogP contribution is 2.31. The summed E-state index contributed by atoms with van der Waals surface area (Å²) in [5.74, 6) is 0. The van der Waals surface area contributed by atoms with E-state index >= 15 is 0 Å². The molecule has 0 unspecified atom stereocenters. The van der Waals surface area contributed by atoms with Crippen molar-refractivity contribution in [2.75, 3.05) is 0 Å². The molecule has 2 nitrogen and oxygen atoms in total. The molecule has 0 atom stereocenters. The molecule has 0 aliphatic carbocycles. The summed E-state index contributed by atoms with van der Waals surface area (Å²) in [7, 11) is 0. The minimum atomic E-state index is -4.66. The first-order valence-electron chi connectivity index (χ1n) is 5.25. The van der Waals surface area contributed by atoms with E-state index in [0.717, 1.165) is 30.5 Å². The summed E-state index contributed by atoms with van der Waals surface area (Å²) in [6, 6.07) is 3.65. The summed E-state index contributed by atoms with van der Waals surface area (Å²) in [5.41, 5.74) is -2.11. The van der Waals surface area contributed by atoms with E-state index in [1.807, 2.05) is 0 Å². The van der Waals surface area contributed by atoms with Gasteiger partial charge < -0.3 is 0 Å². The molecule has 106 valence electrons. The third-order valence-electron chi connectivity index (χ3n) is 2.43. The predicted molar refractivity (Wildman–Crippen MR) is 57.5 cm³/mol. The molecule has 1 aromatic carbocycles. The number of rotatable bonds is 1. The molecule has 8 heteroatoms. The van der Waals surface area contributed by atoms with Gasteiger partial charge in [0.05, 0.1) is 23.7 Å². The predicted octanol–water partition coefficient (Wildman–Crippen LogP) is 4.18. The fourth-order valence-electron chi connectivity index (χ4n) is 1.47. The SMILES string of the molecule is FC(F)(F)c1ccc(-c2cncc(C(F)(F)F)n2)cc1. The second-order valence-corrected chi connectivity index (χ2v) is 3.86. The second-order valence-electron chi connectivity index (χ2n) is 3.86. The summed E-state index contributed by atoms with van der Waals surface area (Å²) in [6.07, 6.45) is -7.56. The minimum absolute atomic E-state index is 0.122. The van der Waals surface area contributed by atoms with Crippen molar-refractivity contribution in [2.24, 2.45) is 0 Å². The molecule has 0 saturated carbocycles. The average Bonchev–Trinajstić information content (AvgIpc) is 2.37. The van der Waals surface area contributed by atoms with Gasteiger partial charge in [0.15, 0.2) is 5.69 Å². The number of nitrogens with zero attached hydrogens (tertiary/aromatic N) is 2. The van der Waals surface area contributed by atoms with E-state index in [2.05, 4.69) is 9.97 Å². The molecule has 0 bridgehead atoms. The standard InChI is InChI=1S/C12H6F6N2/c13-11(14,15)8-3-1-7(2-4-8)9-5-19-6-10(20-9)12(16,17)18/h1-6H. The molecule has 0 aliphatic rings. The molecular weight excluding hydrogens is 286 g/mol. The average molecular weight is 292 g/mol. The Morgan fingerprint density at radius 1 is 0.750 bits per heavy atom. The number of hydrogen-bond acceptors (Lipinski definition) is 2. The van der Waals surface area contributed by atoms with Gasteiger partial charge in [-0.1, -0.05) is 12.1 Å². The third kappa shape index (κ3) is 3.06. The zero-order valence-electron chi connectivity index (χ0n) is 9.63. The van der Waals surface area contributed by atoms with Crippen LogP contribution in [-0.2, 0) is 12.4 Å². The molecule has 0 fully saturated rings. The summed E-state index contributed by atoms with van der Waals surface area (Å²) < 4.78 is 74.5. The van der Waals surface area contributed by atoms with Crippen LogP contribution in [0.15, 0.2) is 36.7 Å². The maximum Gasteiger partial charge on any atom is 0.434 e. The van der Waals surface area contributed by atoms with Crippen molar-refractivity contribution >= 4 is 0 Å². The third-order valence-corrected chi connectivity index (χ3v) is 2.43. The van der Waals surface area contributed by atoms with Crippen molar-refractivity contribution in [3.63, 3.8) is 0 Å². The Morgan fingerprint density at radius 3 is 1.85 bits per heavy atom. The van der Waals surface area contributed by atoms with E-state index in [1.165, 1.54) is 0 Å². The Bertz CT molecular complexity index is 601. The normalized spacial score (nSPS) is 12.5. The topological polar surface area (TPSA) is 25.8 Å². The maximum atomic E-state index is 12.5. The number of alkyl halides is 6. The number of aromatic nitrogens is 2. The van der Waals surface area contributed by atoms with Crippen LogP contribution in [0, 0.1) is 0 Å². The Hall–Kier alpha value is -2.12. The van der Waals surface area contributed by atoms with Crippen LogP contribution in [0.2, 0.25) is 0 Å². The molecule has 1 heterocycles. The summed E-state index contributed by atoms with van der Waals surface area (Å²) >= 11 is 0. The van der Waals surface area contributed by atoms with Gasteiger partial charge in [-0.05, 0) is 12.1 Å². The first kappa shape index (κ1) is 14.3. The lowest BCUT2D eigenvalue weighted by molar-refractivity contribution is -0.141. The van der Waals surface area contributed by atoms with Crippen molar-refractivity contribution in [2.45, 2.75) is 12.4 Å². The zero-order valence-corrected chi connectivity index (χ0v) is 9.63. The van der Waals surface area contributed by atoms with Gasteiger partial charge in [0.1, 0.15) is 0 Å². The van der Waals surface area contributed by atoms with Crippen molar-refractivity contribution < 1.29 is 26.3 Å². The highest BCUT2D eigenvalue weighted by Gasteiger charge is 2.33. The van der Waals surface area contributed by atoms with Gasteiger partial charge in [0, 0.05) is 5.56 Å². The maximum absolute atomic E-state index is 12.5. The molecule has 1 aromatic heterocycles. The number of hydrogen-bond donors (Lipinski definition) is 0. The molecule has 20 heavy (non-hydrogen) atoms. The van der Waals surface area contributed by atoms with Crippen LogP contribution < -0.4 is 0 Å². The van der Waals surface area contributed by atoms with E-state index in [4.69, 9.17) is 0 Å². The zero-order chi connectivity index (χ0) is 15.0. The van der Waals surface area contributed by atoms with Gasteiger partial charge in [-0.3, -0.25) is 4.98 Å². The lowest BCUT2D eigenvalue weighted by atomic mass is 10.1. The number of benzene rings is 1. The lowest BCUT2D eigenvalue weighted by Gasteiger charge is -2.09. The van der Waals surface area contributed by atoms with Crippen LogP contribution in [0.25, 0.3) is 11.3 Å². The van der Waals surface area contributed by atoms with E-state index in [0.29, 0.717) is 6.20 Å². The monoisotopic (exact) mass is 292 g/mol. The molecular formula is C12H6F6N2. The summed E-state index contributed by atoms with van der Waals surface area (Å²) in [5, 5.41) is 0. The molecule has 0 amide bonds. The smallest absolute Gasteiger partial charge is 0.260 e. The van der Waals surface area contributed by atoms with E-state index in [-0.39, 0.29) is 11.3 Å². The lowest BCUT2D eigenvalue weighted by Crippen LogP contribution is -2.09. The Kier molecular flexibility index (Phi) is 3.41. The Labute approximate surface area is 109 Å². The summed E-state index contributed by atoms with van der Waals surface area (Å²) in [6.45, 7) is 0. The Morgan fingerprint density at radius 2 is 1.35 bits per heavy atom. The van der Waals surface area contributed by atoms with Crippen molar-refractivity contribution in [3.8, 4) is 11.3 Å². The van der Waals surface area contributed by atoms with Gasteiger partial charge in [-0.2, -0.15) is 26.3 Å². The van der Waals surface area contributed by atoms with Crippen molar-refractivity contribution in [1.82, 2.24) is 9.97 Å². The largest absolute Gasteiger partial charge is 0.434 e. The molecule has 0 aliphatic heterocycles. The van der Waals surface area contributed by atoms with Crippen LogP contribution in [0.1, 0.15) is 11.3 Å². The molecule has 0 spiro atoms. The fourth-order valence-corrected chi connectivity index (χ4v) is 1.47. The van der Waals surface area contributed by atoms with Crippen LogP contribution in [0.3, 0.4) is 0 Å². The highest BCUT2D eigenvalue weighted by molar-refractivity contribution is 5.58.